The van der Waals surface area contributed by atoms with Crippen molar-refractivity contribution in [2.24, 2.45) is 0 Å². The number of thioether (sulfide) groups is 1. The molecule has 3 aromatic heterocycles. The lowest BCUT2D eigenvalue weighted by Crippen LogP contribution is -1.96. The maximum atomic E-state index is 11.8. The fraction of sp³-hybridized carbons (Fsp3) is 0.231. The lowest BCUT2D eigenvalue weighted by atomic mass is 10.2. The molecule has 0 aliphatic heterocycles. The van der Waals surface area contributed by atoms with E-state index in [1.807, 2.05) is 29.8 Å². The maximum Gasteiger partial charge on any atom is 0.253 e. The van der Waals surface area contributed by atoms with Crippen LogP contribution in [0.4, 0.5) is 0 Å². The predicted molar refractivity (Wildman–Crippen MR) is 79.4 cm³/mol. The van der Waals surface area contributed by atoms with Crippen molar-refractivity contribution in [1.82, 2.24) is 19.6 Å². The highest BCUT2D eigenvalue weighted by molar-refractivity contribution is 7.99. The number of hydrogen-bond acceptors (Lipinski definition) is 6. The van der Waals surface area contributed by atoms with Crippen molar-refractivity contribution in [3.63, 3.8) is 0 Å². The van der Waals surface area contributed by atoms with Gasteiger partial charge in [-0.05, 0) is 23.9 Å². The van der Waals surface area contributed by atoms with Gasteiger partial charge in [0.1, 0.15) is 0 Å². The molecule has 0 radical (unpaired) electrons. The lowest BCUT2D eigenvalue weighted by Gasteiger charge is -1.97. The number of carbonyl (C=O) groups is 1. The second-order valence-electron chi connectivity index (χ2n) is 4.11. The molecule has 102 valence electrons. The van der Waals surface area contributed by atoms with Crippen molar-refractivity contribution in [3.05, 3.63) is 40.8 Å². The van der Waals surface area contributed by atoms with Crippen LogP contribution in [0.3, 0.4) is 0 Å². The van der Waals surface area contributed by atoms with E-state index in [0.29, 0.717) is 17.4 Å². The van der Waals surface area contributed by atoms with Gasteiger partial charge in [0.15, 0.2) is 5.78 Å². The number of thiophene rings is 1. The van der Waals surface area contributed by atoms with E-state index in [2.05, 4.69) is 15.1 Å². The zero-order valence-electron chi connectivity index (χ0n) is 10.6. The van der Waals surface area contributed by atoms with E-state index in [1.165, 1.54) is 11.3 Å². The van der Waals surface area contributed by atoms with E-state index in [4.69, 9.17) is 0 Å². The molecule has 20 heavy (non-hydrogen) atoms. The summed E-state index contributed by atoms with van der Waals surface area (Å²) >= 11 is 3.05. The Morgan fingerprint density at radius 3 is 3.15 bits per heavy atom. The van der Waals surface area contributed by atoms with E-state index < -0.39 is 0 Å². The molecule has 3 aromatic rings. The molecule has 7 heteroatoms. The Bertz CT molecular complexity index is 675. The van der Waals surface area contributed by atoms with Crippen molar-refractivity contribution in [3.8, 4) is 0 Å². The Kier molecular flexibility index (Phi) is 4.08. The summed E-state index contributed by atoms with van der Waals surface area (Å²) in [5.74, 6) is 1.64. The summed E-state index contributed by atoms with van der Waals surface area (Å²) < 4.78 is 1.65. The van der Waals surface area contributed by atoms with E-state index in [1.54, 1.807) is 22.5 Å². The number of Topliss-reactive ketones (excluding diaryl/α,β-unsaturated/α-hetero) is 1. The van der Waals surface area contributed by atoms with Gasteiger partial charge >= 0.3 is 0 Å². The number of aromatic nitrogens is 4. The van der Waals surface area contributed by atoms with E-state index >= 15 is 0 Å². The second kappa shape index (κ2) is 6.15. The van der Waals surface area contributed by atoms with Gasteiger partial charge in [-0.1, -0.05) is 17.8 Å². The van der Waals surface area contributed by atoms with Crippen LogP contribution in [0, 0.1) is 0 Å². The van der Waals surface area contributed by atoms with Gasteiger partial charge in [-0.15, -0.1) is 16.4 Å². The Hall–Kier alpha value is -1.73. The largest absolute Gasteiger partial charge is 0.293 e. The minimum Gasteiger partial charge on any atom is -0.293 e. The van der Waals surface area contributed by atoms with Crippen LogP contribution in [0.5, 0.6) is 0 Å². The highest BCUT2D eigenvalue weighted by atomic mass is 32.2. The monoisotopic (exact) mass is 304 g/mol. The number of carbonyl (C=O) groups excluding carboxylic acids is 1. The Labute approximate surface area is 124 Å². The minimum atomic E-state index is 0.213. The van der Waals surface area contributed by atoms with Crippen molar-refractivity contribution in [2.45, 2.75) is 18.0 Å². The molecule has 0 aromatic carbocycles. The molecule has 5 nitrogen and oxygen atoms in total. The molecule has 0 spiro atoms. The second-order valence-corrected chi connectivity index (χ2v) is 6.12. The average Bonchev–Trinajstić information content (AvgIpc) is 3.11. The normalized spacial score (nSPS) is 11.0. The summed E-state index contributed by atoms with van der Waals surface area (Å²) in [7, 11) is 0. The molecular weight excluding hydrogens is 292 g/mol. The van der Waals surface area contributed by atoms with Crippen molar-refractivity contribution in [2.75, 3.05) is 5.75 Å². The standard InChI is InChI=1S/C13H12N4OS2/c18-10(11-5-2-8-19-11)4-1-9-20-13-15-12-14-6-3-7-17(12)16-13/h2-3,5-8H,1,4,9H2. The van der Waals surface area contributed by atoms with Crippen LogP contribution in [0.1, 0.15) is 22.5 Å². The van der Waals surface area contributed by atoms with Crippen LogP contribution in [0.2, 0.25) is 0 Å². The topological polar surface area (TPSA) is 60.2 Å². The van der Waals surface area contributed by atoms with Gasteiger partial charge in [0.2, 0.25) is 5.16 Å². The van der Waals surface area contributed by atoms with E-state index in [9.17, 15) is 4.79 Å². The lowest BCUT2D eigenvalue weighted by molar-refractivity contribution is 0.0986. The number of rotatable bonds is 6. The Balaban J connectivity index is 1.49. The molecule has 0 bridgehead atoms. The Morgan fingerprint density at radius 1 is 1.40 bits per heavy atom. The van der Waals surface area contributed by atoms with Crippen LogP contribution >= 0.6 is 23.1 Å². The van der Waals surface area contributed by atoms with Gasteiger partial charge < -0.3 is 0 Å². The molecule has 0 fully saturated rings. The van der Waals surface area contributed by atoms with Gasteiger partial charge in [-0.2, -0.15) is 4.98 Å². The molecule has 0 unspecified atom stereocenters. The smallest absolute Gasteiger partial charge is 0.253 e. The van der Waals surface area contributed by atoms with Gasteiger partial charge in [-0.25, -0.2) is 9.50 Å². The molecule has 0 amide bonds. The van der Waals surface area contributed by atoms with E-state index in [-0.39, 0.29) is 5.78 Å². The molecule has 0 N–H and O–H groups in total. The number of fused-ring (bicyclic) bond motifs is 1. The molecule has 0 atom stereocenters. The third-order valence-electron chi connectivity index (χ3n) is 2.67. The summed E-state index contributed by atoms with van der Waals surface area (Å²) in [6.07, 6.45) is 4.90. The summed E-state index contributed by atoms with van der Waals surface area (Å²) in [5, 5.41) is 6.93. The van der Waals surface area contributed by atoms with Gasteiger partial charge in [0, 0.05) is 24.6 Å². The van der Waals surface area contributed by atoms with Crippen LogP contribution < -0.4 is 0 Å². The molecular formula is C13H12N4OS2. The first-order valence-electron chi connectivity index (χ1n) is 6.20. The molecule has 3 heterocycles. The molecule has 3 rings (SSSR count). The molecule has 0 aliphatic carbocycles. The van der Waals surface area contributed by atoms with Crippen molar-refractivity contribution < 1.29 is 4.79 Å². The van der Waals surface area contributed by atoms with Crippen LogP contribution in [-0.2, 0) is 0 Å². The zero-order chi connectivity index (χ0) is 13.8. The SMILES string of the molecule is O=C(CCCSc1nc2ncccn2n1)c1cccs1. The van der Waals surface area contributed by atoms with Gasteiger partial charge in [0.25, 0.3) is 5.78 Å². The summed E-state index contributed by atoms with van der Waals surface area (Å²) in [6, 6.07) is 5.59. The summed E-state index contributed by atoms with van der Waals surface area (Å²) in [5.41, 5.74) is 0. The fourth-order valence-corrected chi connectivity index (χ4v) is 3.19. The van der Waals surface area contributed by atoms with Crippen LogP contribution in [0.25, 0.3) is 5.78 Å². The third-order valence-corrected chi connectivity index (χ3v) is 4.51. The number of ketones is 1. The van der Waals surface area contributed by atoms with Crippen molar-refractivity contribution >= 4 is 34.7 Å². The third kappa shape index (κ3) is 3.05. The molecule has 0 saturated heterocycles. The Morgan fingerprint density at radius 2 is 2.35 bits per heavy atom. The first-order chi connectivity index (χ1) is 9.83. The first-order valence-corrected chi connectivity index (χ1v) is 8.06. The van der Waals surface area contributed by atoms with E-state index in [0.717, 1.165) is 17.1 Å². The van der Waals surface area contributed by atoms with Crippen LogP contribution in [-0.4, -0.2) is 31.1 Å². The summed E-state index contributed by atoms with van der Waals surface area (Å²) in [4.78, 5) is 21.1. The highest BCUT2D eigenvalue weighted by Crippen LogP contribution is 2.17. The number of hydrogen-bond donors (Lipinski definition) is 0. The quantitative estimate of drug-likeness (QED) is 0.398. The zero-order valence-corrected chi connectivity index (χ0v) is 12.2. The summed E-state index contributed by atoms with van der Waals surface area (Å²) in [6.45, 7) is 0. The molecule has 0 saturated carbocycles. The minimum absolute atomic E-state index is 0.213. The maximum absolute atomic E-state index is 11.8. The van der Waals surface area contributed by atoms with Gasteiger partial charge in [0.05, 0.1) is 4.88 Å². The van der Waals surface area contributed by atoms with Gasteiger partial charge in [-0.3, -0.25) is 4.79 Å². The molecule has 0 aliphatic rings. The van der Waals surface area contributed by atoms with Crippen LogP contribution in [0.15, 0.2) is 41.1 Å². The predicted octanol–water partition coefficient (Wildman–Crippen LogP) is 2.94. The average molecular weight is 304 g/mol. The first kappa shape index (κ1) is 13.3. The highest BCUT2D eigenvalue weighted by Gasteiger charge is 2.08. The fourth-order valence-electron chi connectivity index (χ4n) is 1.73. The number of nitrogens with zero attached hydrogens (tertiary/aromatic N) is 4. The van der Waals surface area contributed by atoms with Crippen molar-refractivity contribution in [1.29, 1.82) is 0 Å².